The molecule has 0 amide bonds. The number of ether oxygens (including phenoxy) is 1. The van der Waals surface area contributed by atoms with Crippen LogP contribution in [0.15, 0.2) is 94.5 Å². The molecule has 1 aliphatic rings. The van der Waals surface area contributed by atoms with Crippen molar-refractivity contribution in [1.29, 1.82) is 0 Å². The van der Waals surface area contributed by atoms with E-state index >= 15 is 0 Å². The van der Waals surface area contributed by atoms with Crippen LogP contribution in [0.25, 0.3) is 0 Å². The molecular weight excluding hydrogens is 506 g/mol. The molecule has 9 heteroatoms. The summed E-state index contributed by atoms with van der Waals surface area (Å²) in [5.41, 5.74) is 5.83. The molecule has 0 bridgehead atoms. The van der Waals surface area contributed by atoms with Crippen LogP contribution in [-0.2, 0) is 4.74 Å². The van der Waals surface area contributed by atoms with Crippen molar-refractivity contribution < 1.29 is 4.74 Å². The number of hydrazone groups is 1. The van der Waals surface area contributed by atoms with Crippen LogP contribution >= 0.6 is 15.9 Å². The van der Waals surface area contributed by atoms with Crippen LogP contribution in [0.4, 0.5) is 29.2 Å². The minimum Gasteiger partial charge on any atom is -0.378 e. The largest absolute Gasteiger partial charge is 0.378 e. The lowest BCUT2D eigenvalue weighted by atomic mass is 10.2. The molecule has 1 saturated heterocycles. The van der Waals surface area contributed by atoms with Gasteiger partial charge in [0, 0.05) is 34.5 Å². The standard InChI is InChI=1S/C26H24BrN7O/c27-23-14-8-7-9-20(23)19-28-32-24-29-25(33-15-17-35-18-16-33)31-26(30-24)34(21-10-3-1-4-11-21)22-12-5-2-6-13-22/h1-14,19H,15-18H2,(H,29,30,31,32)/b28-19-. The highest BCUT2D eigenvalue weighted by Gasteiger charge is 2.21. The number of hydrogen-bond acceptors (Lipinski definition) is 8. The number of nitrogens with one attached hydrogen (secondary N) is 1. The molecule has 0 unspecified atom stereocenters. The Kier molecular flexibility index (Phi) is 7.26. The highest BCUT2D eigenvalue weighted by molar-refractivity contribution is 9.10. The number of rotatable bonds is 7. The summed E-state index contributed by atoms with van der Waals surface area (Å²) in [5, 5.41) is 4.39. The van der Waals surface area contributed by atoms with Crippen LogP contribution in [0.2, 0.25) is 0 Å². The summed E-state index contributed by atoms with van der Waals surface area (Å²) < 4.78 is 6.48. The zero-order valence-electron chi connectivity index (χ0n) is 19.0. The van der Waals surface area contributed by atoms with Gasteiger partial charge in [-0.1, -0.05) is 70.5 Å². The van der Waals surface area contributed by atoms with E-state index in [9.17, 15) is 0 Å². The molecule has 5 rings (SSSR count). The van der Waals surface area contributed by atoms with Crippen LogP contribution in [0.3, 0.4) is 0 Å². The third kappa shape index (κ3) is 5.64. The first kappa shape index (κ1) is 22.9. The fraction of sp³-hybridized carbons (Fsp3) is 0.154. The second-order valence-corrected chi connectivity index (χ2v) is 8.61. The molecule has 0 aliphatic carbocycles. The van der Waals surface area contributed by atoms with Gasteiger partial charge >= 0.3 is 0 Å². The van der Waals surface area contributed by atoms with Gasteiger partial charge in [0.1, 0.15) is 0 Å². The number of anilines is 5. The molecule has 1 N–H and O–H groups in total. The Balaban J connectivity index is 1.55. The molecule has 0 atom stereocenters. The quantitative estimate of drug-likeness (QED) is 0.254. The van der Waals surface area contributed by atoms with E-state index in [1.54, 1.807) is 6.21 Å². The summed E-state index contributed by atoms with van der Waals surface area (Å²) in [6.45, 7) is 2.68. The number of morpholine rings is 1. The van der Waals surface area contributed by atoms with Crippen molar-refractivity contribution in [1.82, 2.24) is 15.0 Å². The van der Waals surface area contributed by atoms with E-state index in [2.05, 4.69) is 36.3 Å². The highest BCUT2D eigenvalue weighted by atomic mass is 79.9. The van der Waals surface area contributed by atoms with E-state index < -0.39 is 0 Å². The van der Waals surface area contributed by atoms with Crippen LogP contribution in [0.1, 0.15) is 5.56 Å². The fourth-order valence-corrected chi connectivity index (χ4v) is 4.07. The summed E-state index contributed by atoms with van der Waals surface area (Å²) >= 11 is 3.54. The summed E-state index contributed by atoms with van der Waals surface area (Å²) in [7, 11) is 0. The summed E-state index contributed by atoms with van der Waals surface area (Å²) in [5.74, 6) is 1.43. The fourth-order valence-electron chi connectivity index (χ4n) is 3.68. The molecule has 0 saturated carbocycles. The number of nitrogens with zero attached hydrogens (tertiary/aromatic N) is 6. The van der Waals surface area contributed by atoms with Crippen LogP contribution in [-0.4, -0.2) is 47.5 Å². The van der Waals surface area contributed by atoms with Crippen molar-refractivity contribution in [3.8, 4) is 0 Å². The summed E-state index contributed by atoms with van der Waals surface area (Å²) in [4.78, 5) is 18.4. The highest BCUT2D eigenvalue weighted by Crippen LogP contribution is 2.33. The minimum absolute atomic E-state index is 0.358. The molecule has 176 valence electrons. The second-order valence-electron chi connectivity index (χ2n) is 7.76. The number of para-hydroxylation sites is 2. The predicted molar refractivity (Wildman–Crippen MR) is 143 cm³/mol. The van der Waals surface area contributed by atoms with Gasteiger partial charge in [-0.25, -0.2) is 5.43 Å². The van der Waals surface area contributed by atoms with Crippen molar-refractivity contribution in [3.63, 3.8) is 0 Å². The maximum absolute atomic E-state index is 5.53. The van der Waals surface area contributed by atoms with Crippen molar-refractivity contribution in [2.45, 2.75) is 0 Å². The predicted octanol–water partition coefficient (Wildman–Crippen LogP) is 5.39. The average Bonchev–Trinajstić information content (AvgIpc) is 2.92. The molecule has 4 aromatic rings. The van der Waals surface area contributed by atoms with E-state index in [1.807, 2.05) is 89.8 Å². The lowest BCUT2D eigenvalue weighted by Crippen LogP contribution is -2.37. The van der Waals surface area contributed by atoms with Crippen LogP contribution in [0, 0.1) is 0 Å². The Bertz CT molecular complexity index is 1240. The molecule has 0 radical (unpaired) electrons. The number of benzene rings is 3. The van der Waals surface area contributed by atoms with E-state index in [4.69, 9.17) is 14.7 Å². The van der Waals surface area contributed by atoms with Gasteiger partial charge in [0.05, 0.1) is 19.4 Å². The lowest BCUT2D eigenvalue weighted by Gasteiger charge is -2.28. The van der Waals surface area contributed by atoms with E-state index in [0.29, 0.717) is 44.1 Å². The van der Waals surface area contributed by atoms with Gasteiger partial charge in [-0.2, -0.15) is 20.1 Å². The van der Waals surface area contributed by atoms with Gasteiger partial charge in [0.2, 0.25) is 17.8 Å². The Hall–Kier alpha value is -3.82. The number of hydrogen-bond donors (Lipinski definition) is 1. The Morgan fingerprint density at radius 3 is 2.11 bits per heavy atom. The lowest BCUT2D eigenvalue weighted by molar-refractivity contribution is 0.122. The Morgan fingerprint density at radius 1 is 0.829 bits per heavy atom. The average molecular weight is 530 g/mol. The molecule has 1 fully saturated rings. The molecule has 0 spiro atoms. The zero-order chi connectivity index (χ0) is 23.9. The van der Waals surface area contributed by atoms with Gasteiger partial charge in [-0.15, -0.1) is 0 Å². The molecule has 3 aromatic carbocycles. The Morgan fingerprint density at radius 2 is 1.46 bits per heavy atom. The van der Waals surface area contributed by atoms with Gasteiger partial charge in [0.25, 0.3) is 0 Å². The van der Waals surface area contributed by atoms with Gasteiger partial charge in [-0.3, -0.25) is 4.90 Å². The van der Waals surface area contributed by atoms with Crippen LogP contribution < -0.4 is 15.2 Å². The molecule has 35 heavy (non-hydrogen) atoms. The number of aromatic nitrogens is 3. The third-order valence-corrected chi connectivity index (χ3v) is 6.13. The van der Waals surface area contributed by atoms with Crippen molar-refractivity contribution in [3.05, 3.63) is 95.0 Å². The number of halogens is 1. The van der Waals surface area contributed by atoms with Crippen LogP contribution in [0.5, 0.6) is 0 Å². The zero-order valence-corrected chi connectivity index (χ0v) is 20.5. The molecule has 1 aromatic heterocycles. The van der Waals surface area contributed by atoms with Crippen molar-refractivity contribution in [2.75, 3.05) is 41.5 Å². The topological polar surface area (TPSA) is 78.8 Å². The first-order chi connectivity index (χ1) is 17.3. The molecule has 1 aliphatic heterocycles. The minimum atomic E-state index is 0.358. The van der Waals surface area contributed by atoms with E-state index in [0.717, 1.165) is 21.4 Å². The van der Waals surface area contributed by atoms with E-state index in [-0.39, 0.29) is 0 Å². The molecule has 8 nitrogen and oxygen atoms in total. The monoisotopic (exact) mass is 529 g/mol. The second kappa shape index (κ2) is 11.1. The first-order valence-corrected chi connectivity index (χ1v) is 12.1. The van der Waals surface area contributed by atoms with Gasteiger partial charge < -0.3 is 9.64 Å². The normalized spacial score (nSPS) is 13.7. The summed E-state index contributed by atoms with van der Waals surface area (Å²) in [6, 6.07) is 28.0. The van der Waals surface area contributed by atoms with Crippen molar-refractivity contribution >= 4 is 51.4 Å². The summed E-state index contributed by atoms with van der Waals surface area (Å²) in [6.07, 6.45) is 1.73. The molecule has 2 heterocycles. The smallest absolute Gasteiger partial charge is 0.250 e. The molecular formula is C26H24BrN7O. The maximum atomic E-state index is 5.53. The third-order valence-electron chi connectivity index (χ3n) is 5.41. The van der Waals surface area contributed by atoms with Gasteiger partial charge in [-0.05, 0) is 30.3 Å². The SMILES string of the molecule is Brc1ccccc1/C=N\Nc1nc(N2CCOCC2)nc(N(c2ccccc2)c2ccccc2)n1. The van der Waals surface area contributed by atoms with E-state index in [1.165, 1.54) is 0 Å². The van der Waals surface area contributed by atoms with Crippen molar-refractivity contribution in [2.24, 2.45) is 5.10 Å². The first-order valence-electron chi connectivity index (χ1n) is 11.3. The Labute approximate surface area is 212 Å². The maximum Gasteiger partial charge on any atom is 0.250 e. The van der Waals surface area contributed by atoms with Gasteiger partial charge in [0.15, 0.2) is 0 Å².